The van der Waals surface area contributed by atoms with Gasteiger partial charge in [0, 0.05) is 11.3 Å². The number of rotatable bonds is 5. The highest BCUT2D eigenvalue weighted by Gasteiger charge is 2.25. The van der Waals surface area contributed by atoms with Gasteiger partial charge in [0.15, 0.2) is 0 Å². The number of carbonyl (C=O) groups excluding carboxylic acids is 2. The normalized spacial score (nSPS) is 12.3. The lowest BCUT2D eigenvalue weighted by Gasteiger charge is -2.17. The van der Waals surface area contributed by atoms with Crippen molar-refractivity contribution in [2.24, 2.45) is 0 Å². The van der Waals surface area contributed by atoms with Crippen LogP contribution in [0.3, 0.4) is 0 Å². The lowest BCUT2D eigenvalue weighted by atomic mass is 10.0. The summed E-state index contributed by atoms with van der Waals surface area (Å²) in [6, 6.07) is 9.25. The Hall–Kier alpha value is -3.02. The van der Waals surface area contributed by atoms with Gasteiger partial charge in [-0.3, -0.25) is 4.79 Å². The van der Waals surface area contributed by atoms with Crippen molar-refractivity contribution in [2.45, 2.75) is 33.1 Å². The number of aryl methyl sites for hydroxylation is 1. The van der Waals surface area contributed by atoms with Gasteiger partial charge >= 0.3 is 11.9 Å². The van der Waals surface area contributed by atoms with Crippen LogP contribution in [-0.2, 0) is 27.2 Å². The molecule has 0 saturated heterocycles. The van der Waals surface area contributed by atoms with Crippen LogP contribution < -0.4 is 14.8 Å². The molecule has 142 valence electrons. The van der Waals surface area contributed by atoms with Crippen LogP contribution in [0.5, 0.6) is 17.2 Å². The van der Waals surface area contributed by atoms with E-state index < -0.39 is 11.9 Å². The Morgan fingerprint density at radius 2 is 1.74 bits per heavy atom. The first-order chi connectivity index (χ1) is 13.0. The molecule has 0 fully saturated rings. The van der Waals surface area contributed by atoms with Crippen molar-refractivity contribution < 1.29 is 23.8 Å². The van der Waals surface area contributed by atoms with Gasteiger partial charge in [-0.05, 0) is 74.6 Å². The molecule has 1 amide bonds. The molecule has 0 unspecified atom stereocenters. The van der Waals surface area contributed by atoms with E-state index in [0.29, 0.717) is 5.69 Å². The summed E-state index contributed by atoms with van der Waals surface area (Å²) in [5.41, 5.74) is 3.64. The molecule has 0 aromatic heterocycles. The van der Waals surface area contributed by atoms with Crippen molar-refractivity contribution >= 4 is 17.6 Å². The highest BCUT2D eigenvalue weighted by molar-refractivity contribution is 6.37. The number of hydrogen-bond acceptors (Lipinski definition) is 5. The lowest BCUT2D eigenvalue weighted by molar-refractivity contribution is -0.152. The van der Waals surface area contributed by atoms with E-state index in [-0.39, 0.29) is 6.61 Å². The molecule has 1 N–H and O–H groups in total. The summed E-state index contributed by atoms with van der Waals surface area (Å²) in [5.74, 6) is 0.661. The molecule has 6 heteroatoms. The van der Waals surface area contributed by atoms with Crippen LogP contribution in [0.1, 0.15) is 30.0 Å². The maximum Gasteiger partial charge on any atom is 0.397 e. The van der Waals surface area contributed by atoms with Crippen molar-refractivity contribution in [1.82, 2.24) is 0 Å². The highest BCUT2D eigenvalue weighted by atomic mass is 16.5. The summed E-state index contributed by atoms with van der Waals surface area (Å²) < 4.78 is 16.1. The van der Waals surface area contributed by atoms with E-state index in [4.69, 9.17) is 14.2 Å². The average molecular weight is 369 g/mol. The summed E-state index contributed by atoms with van der Waals surface area (Å²) in [4.78, 5) is 23.6. The predicted octanol–water partition coefficient (Wildman–Crippen LogP) is 3.79. The highest BCUT2D eigenvalue weighted by Crippen LogP contribution is 2.40. The van der Waals surface area contributed by atoms with Crippen molar-refractivity contribution in [2.75, 3.05) is 19.0 Å². The van der Waals surface area contributed by atoms with Crippen LogP contribution in [0.25, 0.3) is 0 Å². The number of carbonyl (C=O) groups is 2. The number of methoxy groups -OCH3 is 1. The molecule has 0 aliphatic heterocycles. The topological polar surface area (TPSA) is 73.9 Å². The number of nitrogens with one attached hydrogen (secondary N) is 1. The van der Waals surface area contributed by atoms with Crippen molar-refractivity contribution in [3.63, 3.8) is 0 Å². The molecule has 3 rings (SSSR count). The molecule has 0 radical (unpaired) electrons. The standard InChI is InChI=1S/C21H23NO5/c1-4-26-21(24)20(23)22-18-12-13(2)19(17-7-5-6-16(17)18)27-15-10-8-14(25-3)9-11-15/h8-12H,4-7H2,1-3H3,(H,22,23). The third-order valence-electron chi connectivity index (χ3n) is 4.52. The maximum absolute atomic E-state index is 12.0. The Morgan fingerprint density at radius 3 is 2.41 bits per heavy atom. The van der Waals surface area contributed by atoms with Crippen molar-refractivity contribution in [3.05, 3.63) is 47.0 Å². The molecule has 27 heavy (non-hydrogen) atoms. The third kappa shape index (κ3) is 4.05. The minimum Gasteiger partial charge on any atom is -0.497 e. The first-order valence-corrected chi connectivity index (χ1v) is 8.98. The van der Waals surface area contributed by atoms with Gasteiger partial charge in [-0.1, -0.05) is 0 Å². The number of esters is 1. The molecule has 1 aliphatic carbocycles. The quantitative estimate of drug-likeness (QED) is 0.641. The van der Waals surface area contributed by atoms with Crippen LogP contribution >= 0.6 is 0 Å². The zero-order valence-electron chi connectivity index (χ0n) is 15.8. The fourth-order valence-corrected chi connectivity index (χ4v) is 3.28. The second-order valence-electron chi connectivity index (χ2n) is 6.33. The van der Waals surface area contributed by atoms with E-state index in [2.05, 4.69) is 5.32 Å². The Labute approximate surface area is 158 Å². The second kappa shape index (κ2) is 8.12. The number of amides is 1. The summed E-state index contributed by atoms with van der Waals surface area (Å²) in [6.45, 7) is 3.76. The van der Waals surface area contributed by atoms with Gasteiger partial charge in [-0.15, -0.1) is 0 Å². The van der Waals surface area contributed by atoms with Gasteiger partial charge in [0.05, 0.1) is 13.7 Å². The van der Waals surface area contributed by atoms with Crippen LogP contribution in [0.15, 0.2) is 30.3 Å². The molecule has 0 heterocycles. The molecule has 0 saturated carbocycles. The fraction of sp³-hybridized carbons (Fsp3) is 0.333. The monoisotopic (exact) mass is 369 g/mol. The van der Waals surface area contributed by atoms with Crippen molar-refractivity contribution in [3.8, 4) is 17.2 Å². The number of ether oxygens (including phenoxy) is 3. The van der Waals surface area contributed by atoms with Gasteiger partial charge in [-0.2, -0.15) is 0 Å². The Balaban J connectivity index is 1.88. The summed E-state index contributed by atoms with van der Waals surface area (Å²) in [6.07, 6.45) is 2.66. The van der Waals surface area contributed by atoms with Gasteiger partial charge in [0.1, 0.15) is 17.2 Å². The van der Waals surface area contributed by atoms with E-state index in [1.165, 1.54) is 0 Å². The maximum atomic E-state index is 12.0. The molecule has 2 aromatic rings. The first-order valence-electron chi connectivity index (χ1n) is 8.98. The fourth-order valence-electron chi connectivity index (χ4n) is 3.28. The average Bonchev–Trinajstić information content (AvgIpc) is 3.15. The lowest BCUT2D eigenvalue weighted by Crippen LogP contribution is -2.25. The van der Waals surface area contributed by atoms with Gasteiger partial charge in [-0.25, -0.2) is 4.79 Å². The number of benzene rings is 2. The Kier molecular flexibility index (Phi) is 5.64. The van der Waals surface area contributed by atoms with E-state index in [1.54, 1.807) is 14.0 Å². The van der Waals surface area contributed by atoms with Crippen LogP contribution in [0, 0.1) is 6.92 Å². The molecule has 1 aliphatic rings. The van der Waals surface area contributed by atoms with Gasteiger partial charge in [0.25, 0.3) is 0 Å². The van der Waals surface area contributed by atoms with E-state index in [1.807, 2.05) is 37.3 Å². The van der Waals surface area contributed by atoms with Crippen LogP contribution in [0.2, 0.25) is 0 Å². The SMILES string of the molecule is CCOC(=O)C(=O)Nc1cc(C)c(Oc2ccc(OC)cc2)c2c1CCC2. The van der Waals surface area contributed by atoms with Crippen LogP contribution in [0.4, 0.5) is 5.69 Å². The van der Waals surface area contributed by atoms with Gasteiger partial charge in [0.2, 0.25) is 0 Å². The zero-order valence-corrected chi connectivity index (χ0v) is 15.8. The Morgan fingerprint density at radius 1 is 1.07 bits per heavy atom. The van der Waals surface area contributed by atoms with Gasteiger partial charge < -0.3 is 19.5 Å². The Bertz CT molecular complexity index is 858. The number of hydrogen-bond donors (Lipinski definition) is 1. The zero-order chi connectivity index (χ0) is 19.4. The summed E-state index contributed by atoms with van der Waals surface area (Å²) in [5, 5.41) is 2.69. The van der Waals surface area contributed by atoms with Crippen LogP contribution in [-0.4, -0.2) is 25.6 Å². The van der Waals surface area contributed by atoms with E-state index in [0.717, 1.165) is 53.2 Å². The molecule has 0 bridgehead atoms. The van der Waals surface area contributed by atoms with E-state index in [9.17, 15) is 9.59 Å². The predicted molar refractivity (Wildman–Crippen MR) is 102 cm³/mol. The molecule has 2 aromatic carbocycles. The number of fused-ring (bicyclic) bond motifs is 1. The summed E-state index contributed by atoms with van der Waals surface area (Å²) in [7, 11) is 1.62. The second-order valence-corrected chi connectivity index (χ2v) is 6.33. The first kappa shape index (κ1) is 18.8. The molecule has 0 spiro atoms. The largest absolute Gasteiger partial charge is 0.497 e. The molecular weight excluding hydrogens is 346 g/mol. The third-order valence-corrected chi connectivity index (χ3v) is 4.52. The molecule has 0 atom stereocenters. The number of anilines is 1. The summed E-state index contributed by atoms with van der Waals surface area (Å²) >= 11 is 0. The van der Waals surface area contributed by atoms with E-state index >= 15 is 0 Å². The molecule has 6 nitrogen and oxygen atoms in total. The van der Waals surface area contributed by atoms with Crippen molar-refractivity contribution in [1.29, 1.82) is 0 Å². The smallest absolute Gasteiger partial charge is 0.397 e. The minimum absolute atomic E-state index is 0.165. The molecular formula is C21H23NO5. The minimum atomic E-state index is -0.875.